The maximum atomic E-state index is 12.8. The highest BCUT2D eigenvalue weighted by Gasteiger charge is 2.23. The Balaban J connectivity index is 1.33. The molecular formula is C27H31Cl2N5O. The van der Waals surface area contributed by atoms with Gasteiger partial charge in [0.2, 0.25) is 11.9 Å². The molecule has 1 aliphatic heterocycles. The van der Waals surface area contributed by atoms with Crippen LogP contribution >= 0.6 is 23.2 Å². The smallest absolute Gasteiger partial charge is 0.227 e. The quantitative estimate of drug-likeness (QED) is 0.414. The lowest BCUT2D eigenvalue weighted by Crippen LogP contribution is -2.49. The van der Waals surface area contributed by atoms with Crippen molar-refractivity contribution in [1.29, 1.82) is 0 Å². The molecule has 1 aliphatic rings. The molecule has 2 aromatic carbocycles. The van der Waals surface area contributed by atoms with E-state index in [4.69, 9.17) is 23.2 Å². The predicted molar refractivity (Wildman–Crippen MR) is 144 cm³/mol. The Morgan fingerprint density at radius 1 is 1.00 bits per heavy atom. The molecule has 1 saturated heterocycles. The lowest BCUT2D eigenvalue weighted by Gasteiger charge is -2.36. The number of benzene rings is 2. The second-order valence-electron chi connectivity index (χ2n) is 9.17. The zero-order chi connectivity index (χ0) is 24.8. The van der Waals surface area contributed by atoms with Gasteiger partial charge in [-0.2, -0.15) is 0 Å². The van der Waals surface area contributed by atoms with Gasteiger partial charge in [-0.05, 0) is 48.2 Å². The van der Waals surface area contributed by atoms with E-state index >= 15 is 0 Å². The van der Waals surface area contributed by atoms with Crippen LogP contribution in [-0.4, -0.2) is 53.5 Å². The molecule has 1 aromatic heterocycles. The average Bonchev–Trinajstić information content (AvgIpc) is 2.86. The van der Waals surface area contributed by atoms with Crippen LogP contribution < -0.4 is 10.2 Å². The second kappa shape index (κ2) is 11.7. The van der Waals surface area contributed by atoms with E-state index in [1.165, 1.54) is 0 Å². The lowest BCUT2D eigenvalue weighted by molar-refractivity contribution is -0.130. The van der Waals surface area contributed by atoms with Crippen molar-refractivity contribution < 1.29 is 4.79 Å². The van der Waals surface area contributed by atoms with Crippen LogP contribution in [0.4, 0.5) is 11.6 Å². The molecule has 0 radical (unpaired) electrons. The van der Waals surface area contributed by atoms with Gasteiger partial charge >= 0.3 is 0 Å². The number of aromatic nitrogens is 2. The normalized spacial score (nSPS) is 13.9. The summed E-state index contributed by atoms with van der Waals surface area (Å²) in [7, 11) is 0. The summed E-state index contributed by atoms with van der Waals surface area (Å²) in [4.78, 5) is 26.0. The lowest BCUT2D eigenvalue weighted by atomic mass is 10.1. The number of hydrogen-bond donors (Lipinski definition) is 1. The first-order valence-electron chi connectivity index (χ1n) is 12.0. The van der Waals surface area contributed by atoms with E-state index in [0.717, 1.165) is 43.0 Å². The van der Waals surface area contributed by atoms with Crippen LogP contribution in [-0.2, 0) is 11.2 Å². The Bertz CT molecular complexity index is 1120. The number of nitrogens with one attached hydrogen (secondary N) is 1. The van der Waals surface area contributed by atoms with E-state index in [1.807, 2.05) is 11.0 Å². The molecule has 1 amide bonds. The topological polar surface area (TPSA) is 61.4 Å². The van der Waals surface area contributed by atoms with Crippen molar-refractivity contribution in [2.45, 2.75) is 26.7 Å². The fourth-order valence-corrected chi connectivity index (χ4v) is 4.63. The summed E-state index contributed by atoms with van der Waals surface area (Å²) in [6, 6.07) is 15.7. The van der Waals surface area contributed by atoms with Gasteiger partial charge in [-0.3, -0.25) is 4.79 Å². The van der Waals surface area contributed by atoms with Gasteiger partial charge in [0.1, 0.15) is 0 Å². The van der Waals surface area contributed by atoms with E-state index in [0.29, 0.717) is 40.6 Å². The molecular weight excluding hydrogens is 481 g/mol. The molecule has 0 atom stereocenters. The molecule has 1 fully saturated rings. The zero-order valence-corrected chi connectivity index (χ0v) is 21.7. The predicted octanol–water partition coefficient (Wildman–Crippen LogP) is 5.80. The fourth-order valence-electron chi connectivity index (χ4n) is 4.10. The molecule has 2 heterocycles. The van der Waals surface area contributed by atoms with Crippen LogP contribution in [0, 0.1) is 5.92 Å². The zero-order valence-electron chi connectivity index (χ0n) is 20.2. The van der Waals surface area contributed by atoms with Gasteiger partial charge in [0.25, 0.3) is 0 Å². The molecule has 0 spiro atoms. The number of piperazine rings is 1. The minimum absolute atomic E-state index is 0.0524. The number of carbonyl (C=O) groups excluding carboxylic acids is 1. The van der Waals surface area contributed by atoms with E-state index < -0.39 is 0 Å². The molecule has 3 aromatic rings. The summed E-state index contributed by atoms with van der Waals surface area (Å²) in [6.07, 6.45) is 3.09. The monoisotopic (exact) mass is 511 g/mol. The summed E-state index contributed by atoms with van der Waals surface area (Å²) in [5.41, 5.74) is 3.78. The highest BCUT2D eigenvalue weighted by atomic mass is 35.5. The van der Waals surface area contributed by atoms with Crippen LogP contribution in [0.5, 0.6) is 0 Å². The molecule has 184 valence electrons. The van der Waals surface area contributed by atoms with Gasteiger partial charge < -0.3 is 15.1 Å². The molecule has 0 aliphatic carbocycles. The average molecular weight is 512 g/mol. The first kappa shape index (κ1) is 25.3. The third-order valence-electron chi connectivity index (χ3n) is 6.21. The van der Waals surface area contributed by atoms with Crippen LogP contribution in [0.2, 0.25) is 10.0 Å². The SMILES string of the molecule is CC(C)CCNc1nccc(-c2ccc(N3CCN(C(=O)Cc4c(Cl)cccc4Cl)CC3)cc2)n1. The highest BCUT2D eigenvalue weighted by Crippen LogP contribution is 2.26. The van der Waals surface area contributed by atoms with Crippen molar-refractivity contribution in [3.63, 3.8) is 0 Å². The third-order valence-corrected chi connectivity index (χ3v) is 6.92. The molecule has 0 bridgehead atoms. The number of rotatable bonds is 8. The maximum Gasteiger partial charge on any atom is 0.227 e. The van der Waals surface area contributed by atoms with Gasteiger partial charge in [0.05, 0.1) is 12.1 Å². The van der Waals surface area contributed by atoms with Gasteiger partial charge in [-0.1, -0.05) is 55.2 Å². The summed E-state index contributed by atoms with van der Waals surface area (Å²) in [5, 5.41) is 4.37. The van der Waals surface area contributed by atoms with E-state index in [1.54, 1.807) is 24.4 Å². The van der Waals surface area contributed by atoms with Crippen molar-refractivity contribution in [3.05, 3.63) is 70.3 Å². The molecule has 6 nitrogen and oxygen atoms in total. The van der Waals surface area contributed by atoms with Crippen molar-refractivity contribution in [3.8, 4) is 11.3 Å². The van der Waals surface area contributed by atoms with Crippen LogP contribution in [0.3, 0.4) is 0 Å². The van der Waals surface area contributed by atoms with Crippen LogP contribution in [0.25, 0.3) is 11.3 Å². The van der Waals surface area contributed by atoms with Gasteiger partial charge in [0, 0.05) is 60.2 Å². The molecule has 0 unspecified atom stereocenters. The Morgan fingerprint density at radius 3 is 2.34 bits per heavy atom. The summed E-state index contributed by atoms with van der Waals surface area (Å²) >= 11 is 12.5. The molecule has 35 heavy (non-hydrogen) atoms. The second-order valence-corrected chi connectivity index (χ2v) is 9.98. The summed E-state index contributed by atoms with van der Waals surface area (Å²) in [6.45, 7) is 8.15. The van der Waals surface area contributed by atoms with Gasteiger partial charge in [-0.15, -0.1) is 0 Å². The van der Waals surface area contributed by atoms with E-state index in [9.17, 15) is 4.79 Å². The molecule has 1 N–H and O–H groups in total. The molecule has 0 saturated carbocycles. The molecule has 4 rings (SSSR count). The number of amides is 1. The Kier molecular flexibility index (Phi) is 8.47. The minimum Gasteiger partial charge on any atom is -0.368 e. The standard InChI is InChI=1S/C27H31Cl2N5O/c1-19(2)10-12-30-27-31-13-11-25(32-27)20-6-8-21(9-7-20)33-14-16-34(17-15-33)26(35)18-22-23(28)4-3-5-24(22)29/h3-9,11,13,19H,10,12,14-18H2,1-2H3,(H,30,31,32). The van der Waals surface area contributed by atoms with Gasteiger partial charge in [0.15, 0.2) is 0 Å². The van der Waals surface area contributed by atoms with Crippen molar-refractivity contribution in [1.82, 2.24) is 14.9 Å². The Morgan fingerprint density at radius 2 is 1.69 bits per heavy atom. The number of anilines is 2. The van der Waals surface area contributed by atoms with E-state index in [-0.39, 0.29) is 12.3 Å². The fraction of sp³-hybridized carbons (Fsp3) is 0.370. The number of nitrogens with zero attached hydrogens (tertiary/aromatic N) is 4. The number of halogens is 2. The van der Waals surface area contributed by atoms with Crippen molar-refractivity contribution in [2.75, 3.05) is 42.9 Å². The largest absolute Gasteiger partial charge is 0.368 e. The van der Waals surface area contributed by atoms with Crippen molar-refractivity contribution in [2.24, 2.45) is 5.92 Å². The number of hydrogen-bond acceptors (Lipinski definition) is 5. The first-order chi connectivity index (χ1) is 16.9. The Hall–Kier alpha value is -2.83. The Labute approximate surface area is 217 Å². The van der Waals surface area contributed by atoms with E-state index in [2.05, 4.69) is 58.3 Å². The van der Waals surface area contributed by atoms with Crippen molar-refractivity contribution >= 4 is 40.7 Å². The first-order valence-corrected chi connectivity index (χ1v) is 12.8. The van der Waals surface area contributed by atoms with Gasteiger partial charge in [-0.25, -0.2) is 9.97 Å². The van der Waals surface area contributed by atoms with Crippen LogP contribution in [0.1, 0.15) is 25.8 Å². The summed E-state index contributed by atoms with van der Waals surface area (Å²) in [5.74, 6) is 1.35. The highest BCUT2D eigenvalue weighted by molar-refractivity contribution is 6.36. The van der Waals surface area contributed by atoms with Crippen LogP contribution in [0.15, 0.2) is 54.7 Å². The minimum atomic E-state index is 0.0524. The number of carbonyl (C=O) groups is 1. The maximum absolute atomic E-state index is 12.8. The third kappa shape index (κ3) is 6.65. The summed E-state index contributed by atoms with van der Waals surface area (Å²) < 4.78 is 0. The molecule has 8 heteroatoms.